The van der Waals surface area contributed by atoms with Crippen molar-refractivity contribution in [2.24, 2.45) is 0 Å². The highest BCUT2D eigenvalue weighted by Crippen LogP contribution is 2.57. The van der Waals surface area contributed by atoms with Crippen LogP contribution in [0.1, 0.15) is 135 Å². The van der Waals surface area contributed by atoms with Gasteiger partial charge in [-0.15, -0.1) is 0 Å². The van der Waals surface area contributed by atoms with E-state index in [2.05, 4.69) is 39.4 Å². The second kappa shape index (κ2) is 23.8. The molecule has 0 spiro atoms. The van der Waals surface area contributed by atoms with Gasteiger partial charge in [-0.05, 0) is 31.1 Å². The van der Waals surface area contributed by atoms with Crippen molar-refractivity contribution in [3.05, 3.63) is 0 Å². The van der Waals surface area contributed by atoms with Crippen LogP contribution in [0.15, 0.2) is 0 Å². The molecule has 0 aromatic rings. The number of unbranched alkanes of at least 4 members (excludes halogenated alkanes) is 18. The molecule has 3 N–H and O–H groups in total. The van der Waals surface area contributed by atoms with Gasteiger partial charge in [0, 0.05) is 12.8 Å². The van der Waals surface area contributed by atoms with E-state index in [0.29, 0.717) is 6.42 Å². The van der Waals surface area contributed by atoms with Gasteiger partial charge in [0.05, 0.1) is 6.61 Å². The van der Waals surface area contributed by atoms with Crippen molar-refractivity contribution in [3.8, 4) is 23.7 Å². The van der Waals surface area contributed by atoms with Gasteiger partial charge in [0.1, 0.15) is 0 Å². The summed E-state index contributed by atoms with van der Waals surface area (Å²) in [5.74, 6) is 12.2. The van der Waals surface area contributed by atoms with Gasteiger partial charge in [0.25, 0.3) is 0 Å². The summed E-state index contributed by atoms with van der Waals surface area (Å²) in [6, 6.07) is 0. The van der Waals surface area contributed by atoms with Crippen LogP contribution in [0.25, 0.3) is 0 Å². The first-order valence-corrected chi connectivity index (χ1v) is 16.5. The van der Waals surface area contributed by atoms with Crippen molar-refractivity contribution in [1.29, 1.82) is 0 Å². The van der Waals surface area contributed by atoms with Gasteiger partial charge in [-0.2, -0.15) is 4.31 Å². The Morgan fingerprint density at radius 2 is 0.943 bits per heavy atom. The molecule has 0 heterocycles. The van der Waals surface area contributed by atoms with Crippen LogP contribution >= 0.6 is 15.6 Å². The molecule has 0 amide bonds. The van der Waals surface area contributed by atoms with Crippen molar-refractivity contribution < 1.29 is 32.6 Å². The lowest BCUT2D eigenvalue weighted by atomic mass is 10.1. The lowest BCUT2D eigenvalue weighted by molar-refractivity contribution is 0.175. The van der Waals surface area contributed by atoms with E-state index in [-0.39, 0.29) is 6.61 Å². The first-order chi connectivity index (χ1) is 16.8. The van der Waals surface area contributed by atoms with Gasteiger partial charge in [-0.1, -0.05) is 115 Å². The lowest BCUT2D eigenvalue weighted by Gasteiger charge is -2.12. The zero-order valence-electron chi connectivity index (χ0n) is 21.7. The Bertz CT molecular complexity index is 713. The molecule has 204 valence electrons. The number of hydrogen-bond donors (Lipinski definition) is 3. The molecule has 0 saturated heterocycles. The van der Waals surface area contributed by atoms with E-state index in [4.69, 9.17) is 14.7 Å². The normalized spacial score (nSPS) is 12.9. The first kappa shape index (κ1) is 34.4. The lowest BCUT2D eigenvalue weighted by Crippen LogP contribution is -1.96. The molecule has 0 aromatic heterocycles. The summed E-state index contributed by atoms with van der Waals surface area (Å²) in [6.07, 6.45) is 23.3. The zero-order chi connectivity index (χ0) is 26.1. The van der Waals surface area contributed by atoms with Gasteiger partial charge in [-0.3, -0.25) is 4.52 Å². The Hall–Kier alpha value is -0.620. The Labute approximate surface area is 214 Å². The van der Waals surface area contributed by atoms with Crippen LogP contribution in [-0.4, -0.2) is 21.3 Å². The maximum Gasteiger partial charge on any atom is 0.481 e. The van der Waals surface area contributed by atoms with Gasteiger partial charge in [-0.25, -0.2) is 9.13 Å². The second-order valence-electron chi connectivity index (χ2n) is 8.99. The number of phosphoric acid groups is 2. The van der Waals surface area contributed by atoms with Gasteiger partial charge in [0.15, 0.2) is 0 Å². The SMILES string of the molecule is CCCCCCCCCCCCCC#CC#CCCCCCCCCCOP(=O)(O)OP(=O)(O)O. The molecular weight excluding hydrogens is 486 g/mol. The maximum atomic E-state index is 11.3. The van der Waals surface area contributed by atoms with Crippen molar-refractivity contribution in [2.45, 2.75) is 135 Å². The highest BCUT2D eigenvalue weighted by atomic mass is 31.3. The molecule has 0 fully saturated rings. The van der Waals surface area contributed by atoms with Crippen molar-refractivity contribution in [3.63, 3.8) is 0 Å². The Kier molecular flexibility index (Phi) is 23.3. The molecule has 9 heteroatoms. The fourth-order valence-corrected chi connectivity index (χ4v) is 5.25. The van der Waals surface area contributed by atoms with E-state index in [1.807, 2.05) is 0 Å². The summed E-state index contributed by atoms with van der Waals surface area (Å²) < 4.78 is 30.0. The topological polar surface area (TPSA) is 113 Å². The number of rotatable bonds is 23. The minimum atomic E-state index is -5.04. The average molecular weight is 535 g/mol. The summed E-state index contributed by atoms with van der Waals surface area (Å²) in [4.78, 5) is 26.1. The van der Waals surface area contributed by atoms with Crippen LogP contribution in [0, 0.1) is 23.7 Å². The first-order valence-electron chi connectivity index (χ1n) is 13.5. The smallest absolute Gasteiger partial charge is 0.302 e. The third-order valence-electron chi connectivity index (χ3n) is 5.55. The van der Waals surface area contributed by atoms with Gasteiger partial charge in [0.2, 0.25) is 0 Å². The van der Waals surface area contributed by atoms with Gasteiger partial charge < -0.3 is 14.7 Å². The minimum Gasteiger partial charge on any atom is -0.302 e. The Balaban J connectivity index is 3.39. The van der Waals surface area contributed by atoms with Crippen molar-refractivity contribution >= 4 is 15.6 Å². The predicted octanol–water partition coefficient (Wildman–Crippen LogP) is 8.04. The summed E-state index contributed by atoms with van der Waals surface area (Å²) in [6.45, 7) is 2.18. The summed E-state index contributed by atoms with van der Waals surface area (Å²) in [5, 5.41) is 0. The predicted molar refractivity (Wildman–Crippen MR) is 142 cm³/mol. The van der Waals surface area contributed by atoms with E-state index < -0.39 is 15.6 Å². The van der Waals surface area contributed by atoms with Crippen molar-refractivity contribution in [1.82, 2.24) is 0 Å². The Morgan fingerprint density at radius 3 is 1.34 bits per heavy atom. The molecule has 0 saturated carbocycles. The minimum absolute atomic E-state index is 0.0797. The standard InChI is InChI=1S/C26H48O7P2/c1-2-3-4-5-6-7-8-9-10-11-12-13-14-15-16-17-18-19-20-21-22-23-24-25-26-32-35(30,31)33-34(27,28)29/h2-13,18-26H2,1H3,(H,30,31)(H2,27,28,29). The number of phosphoric ester groups is 1. The largest absolute Gasteiger partial charge is 0.481 e. The molecule has 0 aromatic carbocycles. The summed E-state index contributed by atoms with van der Waals surface area (Å²) in [7, 11) is -9.74. The second-order valence-corrected chi connectivity index (χ2v) is 11.8. The van der Waals surface area contributed by atoms with Crippen LogP contribution in [-0.2, 0) is 18.0 Å². The Morgan fingerprint density at radius 1 is 0.571 bits per heavy atom. The fourth-order valence-electron chi connectivity index (χ4n) is 3.63. The third kappa shape index (κ3) is 29.5. The van der Waals surface area contributed by atoms with Crippen LogP contribution in [0.2, 0.25) is 0 Å². The van der Waals surface area contributed by atoms with Crippen LogP contribution in [0.4, 0.5) is 0 Å². The molecular formula is C26H48O7P2. The highest BCUT2D eigenvalue weighted by molar-refractivity contribution is 7.60. The number of hydrogen-bond acceptors (Lipinski definition) is 4. The monoisotopic (exact) mass is 534 g/mol. The van der Waals surface area contributed by atoms with E-state index in [0.717, 1.165) is 51.4 Å². The van der Waals surface area contributed by atoms with Gasteiger partial charge >= 0.3 is 15.6 Å². The van der Waals surface area contributed by atoms with E-state index >= 15 is 0 Å². The van der Waals surface area contributed by atoms with Crippen LogP contribution in [0.3, 0.4) is 0 Å². The molecule has 0 bridgehead atoms. The highest BCUT2D eigenvalue weighted by Gasteiger charge is 2.31. The average Bonchev–Trinajstić information content (AvgIpc) is 2.77. The molecule has 0 aliphatic rings. The van der Waals surface area contributed by atoms with Crippen LogP contribution < -0.4 is 0 Å². The van der Waals surface area contributed by atoms with E-state index in [1.54, 1.807) is 0 Å². The van der Waals surface area contributed by atoms with E-state index in [1.165, 1.54) is 70.6 Å². The fraction of sp³-hybridized carbons (Fsp3) is 0.846. The molecule has 0 rings (SSSR count). The molecule has 0 aliphatic carbocycles. The summed E-state index contributed by atoms with van der Waals surface area (Å²) in [5.41, 5.74) is 0. The molecule has 7 nitrogen and oxygen atoms in total. The molecule has 35 heavy (non-hydrogen) atoms. The third-order valence-corrected chi connectivity index (χ3v) is 7.74. The maximum absolute atomic E-state index is 11.3. The summed E-state index contributed by atoms with van der Waals surface area (Å²) >= 11 is 0. The quantitative estimate of drug-likeness (QED) is 0.0690. The molecule has 0 radical (unpaired) electrons. The molecule has 1 unspecified atom stereocenters. The molecule has 1 atom stereocenters. The van der Waals surface area contributed by atoms with Crippen LogP contribution in [0.5, 0.6) is 0 Å². The molecule has 0 aliphatic heterocycles. The van der Waals surface area contributed by atoms with E-state index in [9.17, 15) is 9.13 Å². The van der Waals surface area contributed by atoms with Crippen molar-refractivity contribution in [2.75, 3.05) is 6.61 Å². The zero-order valence-corrected chi connectivity index (χ0v) is 23.5.